The van der Waals surface area contributed by atoms with Crippen molar-refractivity contribution in [2.24, 2.45) is 0 Å². The molecule has 0 aliphatic heterocycles. The fraction of sp³-hybridized carbons (Fsp3) is 0.476. The van der Waals surface area contributed by atoms with Crippen molar-refractivity contribution >= 4 is 5.97 Å². The minimum atomic E-state index is -0.287. The second kappa shape index (κ2) is 8.18. The first-order valence-electron chi connectivity index (χ1n) is 8.67. The highest BCUT2D eigenvalue weighted by atomic mass is 16.5. The molecule has 0 N–H and O–H groups in total. The number of allylic oxidation sites excluding steroid dienone is 5. The van der Waals surface area contributed by atoms with Crippen molar-refractivity contribution in [1.29, 1.82) is 0 Å². The number of hydrogen-bond acceptors (Lipinski definition) is 3. The van der Waals surface area contributed by atoms with Crippen molar-refractivity contribution < 1.29 is 13.9 Å². The number of esters is 1. The lowest BCUT2D eigenvalue weighted by atomic mass is 9.90. The van der Waals surface area contributed by atoms with E-state index >= 15 is 0 Å². The van der Waals surface area contributed by atoms with E-state index in [0.717, 1.165) is 48.1 Å². The van der Waals surface area contributed by atoms with Gasteiger partial charge in [-0.15, -0.1) is 0 Å². The minimum absolute atomic E-state index is 0.263. The molecule has 0 aromatic carbocycles. The number of rotatable bonds is 6. The molecule has 2 rings (SSSR count). The summed E-state index contributed by atoms with van der Waals surface area (Å²) >= 11 is 0. The maximum absolute atomic E-state index is 11.9. The number of carbonyl (C=O) groups excluding carboxylic acids is 1. The average Bonchev–Trinajstić information content (AvgIpc) is 2.89. The minimum Gasteiger partial charge on any atom is -0.468 e. The maximum atomic E-state index is 11.9. The highest BCUT2D eigenvalue weighted by Gasteiger charge is 2.17. The Labute approximate surface area is 145 Å². The van der Waals surface area contributed by atoms with Gasteiger partial charge in [0.25, 0.3) is 0 Å². The van der Waals surface area contributed by atoms with Gasteiger partial charge in [-0.05, 0) is 63.7 Å². The van der Waals surface area contributed by atoms with Crippen LogP contribution < -0.4 is 0 Å². The molecule has 0 bridgehead atoms. The highest BCUT2D eigenvalue weighted by molar-refractivity contribution is 5.82. The Balaban J connectivity index is 2.09. The van der Waals surface area contributed by atoms with Crippen molar-refractivity contribution in [2.45, 2.75) is 66.9 Å². The van der Waals surface area contributed by atoms with Crippen LogP contribution in [0.2, 0.25) is 0 Å². The standard InChI is InChI=1S/C21H28O3/c1-6-14(2)10-21(22)24-13-19-16(4)12-23-20(19)11-18-9-7-8-15(3)17(18)5/h9-10,12H,6-8,11,13H2,1-5H3. The SMILES string of the molecule is CCC(C)=CC(=O)OCc1c(C)coc1CC1=CCCC(C)=C1C. The van der Waals surface area contributed by atoms with Crippen molar-refractivity contribution in [3.63, 3.8) is 0 Å². The second-order valence-corrected chi connectivity index (χ2v) is 6.62. The Bertz CT molecular complexity index is 699. The molecule has 24 heavy (non-hydrogen) atoms. The van der Waals surface area contributed by atoms with Crippen LogP contribution in [0.25, 0.3) is 0 Å². The zero-order chi connectivity index (χ0) is 17.7. The van der Waals surface area contributed by atoms with E-state index in [0.29, 0.717) is 0 Å². The molecule has 1 aromatic heterocycles. The third-order valence-electron chi connectivity index (χ3n) is 4.85. The summed E-state index contributed by atoms with van der Waals surface area (Å²) in [6.45, 7) is 10.6. The van der Waals surface area contributed by atoms with Crippen LogP contribution >= 0.6 is 0 Å². The monoisotopic (exact) mass is 328 g/mol. The van der Waals surface area contributed by atoms with E-state index in [1.165, 1.54) is 16.7 Å². The smallest absolute Gasteiger partial charge is 0.331 e. The second-order valence-electron chi connectivity index (χ2n) is 6.62. The van der Waals surface area contributed by atoms with Crippen molar-refractivity contribution in [3.8, 4) is 0 Å². The predicted octanol–water partition coefficient (Wildman–Crippen LogP) is 5.59. The summed E-state index contributed by atoms with van der Waals surface area (Å²) < 4.78 is 11.2. The maximum Gasteiger partial charge on any atom is 0.331 e. The third kappa shape index (κ3) is 4.50. The van der Waals surface area contributed by atoms with E-state index < -0.39 is 0 Å². The molecular weight excluding hydrogens is 300 g/mol. The van der Waals surface area contributed by atoms with Crippen molar-refractivity contribution in [1.82, 2.24) is 0 Å². The van der Waals surface area contributed by atoms with Crippen molar-refractivity contribution in [2.75, 3.05) is 0 Å². The molecule has 1 aromatic rings. The molecule has 0 saturated carbocycles. The molecule has 0 spiro atoms. The first-order chi connectivity index (χ1) is 11.4. The summed E-state index contributed by atoms with van der Waals surface area (Å²) in [5, 5.41) is 0. The molecule has 0 amide bonds. The Morgan fingerprint density at radius 3 is 2.79 bits per heavy atom. The normalized spacial score (nSPS) is 15.5. The van der Waals surface area contributed by atoms with Gasteiger partial charge in [0.1, 0.15) is 12.4 Å². The van der Waals surface area contributed by atoms with Gasteiger partial charge in [-0.2, -0.15) is 0 Å². The zero-order valence-electron chi connectivity index (χ0n) is 15.5. The number of carbonyl (C=O) groups is 1. The Morgan fingerprint density at radius 2 is 2.08 bits per heavy atom. The van der Waals surface area contributed by atoms with Gasteiger partial charge in [0.05, 0.1) is 6.26 Å². The van der Waals surface area contributed by atoms with Crippen LogP contribution in [0.4, 0.5) is 0 Å². The number of furan rings is 1. The van der Waals surface area contributed by atoms with E-state index in [9.17, 15) is 4.79 Å². The number of aryl methyl sites for hydroxylation is 1. The van der Waals surface area contributed by atoms with Crippen LogP contribution in [0.5, 0.6) is 0 Å². The van der Waals surface area contributed by atoms with E-state index in [1.807, 2.05) is 20.8 Å². The van der Waals surface area contributed by atoms with Gasteiger partial charge in [-0.1, -0.05) is 24.1 Å². The topological polar surface area (TPSA) is 39.4 Å². The first-order valence-corrected chi connectivity index (χ1v) is 8.67. The predicted molar refractivity (Wildman–Crippen MR) is 96.7 cm³/mol. The highest BCUT2D eigenvalue weighted by Crippen LogP contribution is 2.29. The molecule has 0 radical (unpaired) electrons. The molecule has 1 aliphatic carbocycles. The summed E-state index contributed by atoms with van der Waals surface area (Å²) in [6.07, 6.45) is 9.45. The van der Waals surface area contributed by atoms with Crippen LogP contribution in [-0.4, -0.2) is 5.97 Å². The van der Waals surface area contributed by atoms with Gasteiger partial charge in [-0.3, -0.25) is 0 Å². The van der Waals surface area contributed by atoms with Crippen LogP contribution in [-0.2, 0) is 22.6 Å². The van der Waals surface area contributed by atoms with Gasteiger partial charge in [0.2, 0.25) is 0 Å². The summed E-state index contributed by atoms with van der Waals surface area (Å²) in [6, 6.07) is 0. The average molecular weight is 328 g/mol. The molecular formula is C21H28O3. The van der Waals surface area contributed by atoms with E-state index in [2.05, 4.69) is 19.9 Å². The van der Waals surface area contributed by atoms with E-state index in [-0.39, 0.29) is 12.6 Å². The molecule has 3 nitrogen and oxygen atoms in total. The molecule has 130 valence electrons. The van der Waals surface area contributed by atoms with E-state index in [1.54, 1.807) is 12.3 Å². The number of hydrogen-bond donors (Lipinski definition) is 0. The Kier molecular flexibility index (Phi) is 6.24. The number of ether oxygens (including phenoxy) is 1. The molecule has 0 atom stereocenters. The van der Waals surface area contributed by atoms with Crippen LogP contribution in [0.1, 0.15) is 63.8 Å². The summed E-state index contributed by atoms with van der Waals surface area (Å²) in [5.41, 5.74) is 7.17. The molecule has 0 unspecified atom stereocenters. The van der Waals surface area contributed by atoms with E-state index in [4.69, 9.17) is 9.15 Å². The van der Waals surface area contributed by atoms with Crippen LogP contribution in [0, 0.1) is 6.92 Å². The largest absolute Gasteiger partial charge is 0.468 e. The summed E-state index contributed by atoms with van der Waals surface area (Å²) in [4.78, 5) is 11.9. The quantitative estimate of drug-likeness (QED) is 0.505. The molecule has 1 heterocycles. The molecule has 3 heteroatoms. The van der Waals surface area contributed by atoms with Gasteiger partial charge >= 0.3 is 5.97 Å². The molecule has 0 fully saturated rings. The summed E-state index contributed by atoms with van der Waals surface area (Å²) in [7, 11) is 0. The fourth-order valence-electron chi connectivity index (χ4n) is 2.81. The van der Waals surface area contributed by atoms with Gasteiger partial charge < -0.3 is 9.15 Å². The van der Waals surface area contributed by atoms with Gasteiger partial charge in [0, 0.05) is 18.1 Å². The van der Waals surface area contributed by atoms with Gasteiger partial charge in [-0.25, -0.2) is 4.79 Å². The lowest BCUT2D eigenvalue weighted by Gasteiger charge is -2.17. The van der Waals surface area contributed by atoms with Crippen molar-refractivity contribution in [3.05, 3.63) is 57.6 Å². The zero-order valence-corrected chi connectivity index (χ0v) is 15.5. The summed E-state index contributed by atoms with van der Waals surface area (Å²) in [5.74, 6) is 0.612. The van der Waals surface area contributed by atoms with Crippen LogP contribution in [0.3, 0.4) is 0 Å². The molecule has 0 saturated heterocycles. The lowest BCUT2D eigenvalue weighted by Crippen LogP contribution is -2.05. The van der Waals surface area contributed by atoms with Crippen LogP contribution in [0.15, 0.2) is 45.1 Å². The third-order valence-corrected chi connectivity index (χ3v) is 4.85. The van der Waals surface area contributed by atoms with Gasteiger partial charge in [0.15, 0.2) is 0 Å². The lowest BCUT2D eigenvalue weighted by molar-refractivity contribution is -0.139. The Morgan fingerprint density at radius 1 is 1.33 bits per heavy atom. The molecule has 1 aliphatic rings. The fourth-order valence-corrected chi connectivity index (χ4v) is 2.81. The first kappa shape index (κ1) is 18.3. The Hall–Kier alpha value is -2.03.